The van der Waals surface area contributed by atoms with Gasteiger partial charge in [0.05, 0.1) is 12.2 Å². The van der Waals surface area contributed by atoms with Crippen LogP contribution in [0.15, 0.2) is 0 Å². The standard InChI is InChI=1S/C8H16N2O5.ClH/c1-3(11)5(9)7(13)10-6(4(2)12)8(14)15;/h3-6,11-12H,9H2,1-2H3,(H,10,13)(H,14,15);1H/t3?,4?,5-,6-;/m0./s1. The third kappa shape index (κ3) is 5.26. The predicted molar refractivity (Wildman–Crippen MR) is 58.2 cm³/mol. The molecule has 7 nitrogen and oxygen atoms in total. The van der Waals surface area contributed by atoms with Gasteiger partial charge in [-0.2, -0.15) is 0 Å². The minimum absolute atomic E-state index is 0. The molecule has 0 aliphatic heterocycles. The van der Waals surface area contributed by atoms with E-state index < -0.39 is 36.2 Å². The van der Waals surface area contributed by atoms with Crippen LogP contribution in [0.2, 0.25) is 0 Å². The second kappa shape index (κ2) is 7.39. The van der Waals surface area contributed by atoms with E-state index >= 15 is 0 Å². The van der Waals surface area contributed by atoms with Gasteiger partial charge in [0.15, 0.2) is 6.04 Å². The summed E-state index contributed by atoms with van der Waals surface area (Å²) in [6, 6.07) is -2.65. The molecule has 0 saturated heterocycles. The van der Waals surface area contributed by atoms with Crippen LogP contribution in [0.25, 0.3) is 0 Å². The topological polar surface area (TPSA) is 133 Å². The Bertz CT molecular complexity index is 247. The number of aliphatic hydroxyl groups is 2. The first-order valence-corrected chi connectivity index (χ1v) is 4.42. The number of nitrogens with two attached hydrogens (primary N) is 1. The number of halogens is 1. The molecule has 0 fully saturated rings. The molecule has 0 rings (SSSR count). The van der Waals surface area contributed by atoms with E-state index in [0.29, 0.717) is 0 Å². The molecule has 0 bridgehead atoms. The zero-order chi connectivity index (χ0) is 12.2. The average Bonchev–Trinajstić information content (AvgIpc) is 2.11. The number of nitrogens with one attached hydrogen (secondary N) is 1. The Morgan fingerprint density at radius 1 is 1.19 bits per heavy atom. The van der Waals surface area contributed by atoms with E-state index in [1.807, 2.05) is 5.32 Å². The van der Waals surface area contributed by atoms with Gasteiger partial charge in [-0.3, -0.25) is 4.79 Å². The lowest BCUT2D eigenvalue weighted by Crippen LogP contribution is -2.55. The molecule has 6 N–H and O–H groups in total. The molecule has 0 aliphatic rings. The van der Waals surface area contributed by atoms with Crippen LogP contribution < -0.4 is 11.1 Å². The number of hydrogen-bond acceptors (Lipinski definition) is 5. The minimum Gasteiger partial charge on any atom is -0.480 e. The van der Waals surface area contributed by atoms with Crippen molar-refractivity contribution in [1.82, 2.24) is 5.32 Å². The number of carboxylic acids is 1. The molecule has 0 saturated carbocycles. The van der Waals surface area contributed by atoms with Crippen molar-refractivity contribution in [2.45, 2.75) is 38.1 Å². The Hall–Kier alpha value is -0.890. The minimum atomic E-state index is -1.43. The molecule has 0 spiro atoms. The van der Waals surface area contributed by atoms with E-state index in [1.165, 1.54) is 13.8 Å². The molecule has 0 aromatic carbocycles. The zero-order valence-corrected chi connectivity index (χ0v) is 9.77. The fraction of sp³-hybridized carbons (Fsp3) is 0.750. The van der Waals surface area contributed by atoms with E-state index in [0.717, 1.165) is 0 Å². The maximum absolute atomic E-state index is 11.2. The molecule has 2 unspecified atom stereocenters. The first kappa shape index (κ1) is 17.5. The molecule has 1 amide bonds. The van der Waals surface area contributed by atoms with Crippen molar-refractivity contribution in [3.05, 3.63) is 0 Å². The largest absolute Gasteiger partial charge is 0.480 e. The van der Waals surface area contributed by atoms with Crippen molar-refractivity contribution in [2.24, 2.45) is 5.73 Å². The van der Waals surface area contributed by atoms with Gasteiger partial charge in [-0.15, -0.1) is 12.4 Å². The first-order valence-electron chi connectivity index (χ1n) is 4.42. The molecule has 96 valence electrons. The second-order valence-corrected chi connectivity index (χ2v) is 3.33. The lowest BCUT2D eigenvalue weighted by Gasteiger charge is -2.20. The summed E-state index contributed by atoms with van der Waals surface area (Å²) in [5.74, 6) is -2.19. The Balaban J connectivity index is 0. The molecular weight excluding hydrogens is 240 g/mol. The summed E-state index contributed by atoms with van der Waals surface area (Å²) in [5, 5.41) is 28.7. The van der Waals surface area contributed by atoms with Crippen molar-refractivity contribution in [2.75, 3.05) is 0 Å². The monoisotopic (exact) mass is 256 g/mol. The van der Waals surface area contributed by atoms with Crippen LogP contribution in [0, 0.1) is 0 Å². The fourth-order valence-corrected chi connectivity index (χ4v) is 0.857. The van der Waals surface area contributed by atoms with Gasteiger partial charge < -0.3 is 26.4 Å². The molecule has 0 aromatic rings. The van der Waals surface area contributed by atoms with E-state index in [2.05, 4.69) is 0 Å². The van der Waals surface area contributed by atoms with Gasteiger partial charge >= 0.3 is 5.97 Å². The average molecular weight is 257 g/mol. The Kier molecular flexibility index (Phi) is 8.09. The number of carboxylic acid groups (broad SMARTS) is 1. The molecule has 0 aliphatic carbocycles. The summed E-state index contributed by atoms with van der Waals surface area (Å²) in [6.07, 6.45) is -2.33. The fourth-order valence-electron chi connectivity index (χ4n) is 0.857. The van der Waals surface area contributed by atoms with Crippen molar-refractivity contribution in [3.63, 3.8) is 0 Å². The normalized spacial score (nSPS) is 17.6. The van der Waals surface area contributed by atoms with E-state index in [4.69, 9.17) is 21.1 Å². The summed E-state index contributed by atoms with van der Waals surface area (Å²) in [7, 11) is 0. The molecule has 0 aromatic heterocycles. The van der Waals surface area contributed by atoms with Crippen molar-refractivity contribution >= 4 is 24.3 Å². The molecule has 0 heterocycles. The highest BCUT2D eigenvalue weighted by Gasteiger charge is 2.28. The van der Waals surface area contributed by atoms with Gasteiger partial charge in [0.1, 0.15) is 6.04 Å². The smallest absolute Gasteiger partial charge is 0.328 e. The van der Waals surface area contributed by atoms with Crippen LogP contribution in [-0.2, 0) is 9.59 Å². The molecular formula is C8H17ClN2O5. The zero-order valence-electron chi connectivity index (χ0n) is 8.95. The van der Waals surface area contributed by atoms with Gasteiger partial charge in [-0.05, 0) is 13.8 Å². The summed E-state index contributed by atoms with van der Waals surface area (Å²) in [4.78, 5) is 21.8. The number of carbonyl (C=O) groups excluding carboxylic acids is 1. The van der Waals surface area contributed by atoms with Gasteiger partial charge in [0.25, 0.3) is 0 Å². The van der Waals surface area contributed by atoms with Crippen molar-refractivity contribution in [3.8, 4) is 0 Å². The lowest BCUT2D eigenvalue weighted by molar-refractivity contribution is -0.145. The summed E-state index contributed by atoms with van der Waals surface area (Å²) >= 11 is 0. The number of aliphatic carboxylic acids is 1. The maximum Gasteiger partial charge on any atom is 0.328 e. The third-order valence-electron chi connectivity index (χ3n) is 1.87. The molecule has 0 radical (unpaired) electrons. The molecule has 16 heavy (non-hydrogen) atoms. The Labute approximate surface area is 99.0 Å². The van der Waals surface area contributed by atoms with Crippen LogP contribution in [0.1, 0.15) is 13.8 Å². The molecule has 8 heteroatoms. The predicted octanol–water partition coefficient (Wildman–Crippen LogP) is -1.93. The Morgan fingerprint density at radius 2 is 1.62 bits per heavy atom. The SMILES string of the molecule is CC(O)[C@H](N)C(=O)N[C@H](C(=O)O)C(C)O.Cl. The van der Waals surface area contributed by atoms with E-state index in [-0.39, 0.29) is 12.4 Å². The van der Waals surface area contributed by atoms with Crippen LogP contribution in [-0.4, -0.2) is 51.5 Å². The highest BCUT2D eigenvalue weighted by atomic mass is 35.5. The second-order valence-electron chi connectivity index (χ2n) is 3.33. The van der Waals surface area contributed by atoms with Gasteiger partial charge in [-0.25, -0.2) is 4.79 Å². The Morgan fingerprint density at radius 3 is 1.88 bits per heavy atom. The van der Waals surface area contributed by atoms with E-state index in [1.54, 1.807) is 0 Å². The summed E-state index contributed by atoms with van der Waals surface area (Å²) < 4.78 is 0. The van der Waals surface area contributed by atoms with Crippen molar-refractivity contribution in [1.29, 1.82) is 0 Å². The summed E-state index contributed by atoms with van der Waals surface area (Å²) in [5.41, 5.74) is 5.27. The molecule has 4 atom stereocenters. The van der Waals surface area contributed by atoms with Crippen LogP contribution in [0.3, 0.4) is 0 Å². The number of aliphatic hydroxyl groups excluding tert-OH is 2. The number of hydrogen-bond donors (Lipinski definition) is 5. The number of amides is 1. The lowest BCUT2D eigenvalue weighted by atomic mass is 10.1. The maximum atomic E-state index is 11.2. The number of rotatable bonds is 5. The van der Waals surface area contributed by atoms with Crippen LogP contribution in [0.4, 0.5) is 0 Å². The van der Waals surface area contributed by atoms with Gasteiger partial charge in [0, 0.05) is 0 Å². The van der Waals surface area contributed by atoms with Crippen LogP contribution in [0.5, 0.6) is 0 Å². The third-order valence-corrected chi connectivity index (χ3v) is 1.87. The quantitative estimate of drug-likeness (QED) is 0.389. The number of carbonyl (C=O) groups is 2. The highest BCUT2D eigenvalue weighted by molar-refractivity contribution is 5.87. The van der Waals surface area contributed by atoms with Gasteiger partial charge in [0.2, 0.25) is 5.91 Å². The first-order chi connectivity index (χ1) is 6.77. The van der Waals surface area contributed by atoms with Crippen LogP contribution >= 0.6 is 12.4 Å². The highest BCUT2D eigenvalue weighted by Crippen LogP contribution is 1.96. The summed E-state index contributed by atoms with van der Waals surface area (Å²) in [6.45, 7) is 2.54. The van der Waals surface area contributed by atoms with E-state index in [9.17, 15) is 9.59 Å². The van der Waals surface area contributed by atoms with Crippen molar-refractivity contribution < 1.29 is 24.9 Å². The van der Waals surface area contributed by atoms with Gasteiger partial charge in [-0.1, -0.05) is 0 Å².